The van der Waals surface area contributed by atoms with Gasteiger partial charge in [0.15, 0.2) is 0 Å². The van der Waals surface area contributed by atoms with Gasteiger partial charge in [0.05, 0.1) is 0 Å². The summed E-state index contributed by atoms with van der Waals surface area (Å²) in [5, 5.41) is 0. The van der Waals surface area contributed by atoms with Crippen LogP contribution >= 0.6 is 0 Å². The zero-order chi connectivity index (χ0) is 5.40. The van der Waals surface area contributed by atoms with Gasteiger partial charge in [0.25, 0.3) is 0 Å². The van der Waals surface area contributed by atoms with E-state index in [0.29, 0.717) is 0 Å². The summed E-state index contributed by atoms with van der Waals surface area (Å²) >= 11 is 0. The Bertz CT molecular complexity index is 91.2. The molecule has 0 amide bonds. The van der Waals surface area contributed by atoms with Gasteiger partial charge in [-0.25, -0.2) is 0 Å². The van der Waals surface area contributed by atoms with Crippen molar-refractivity contribution in [2.24, 2.45) is 11.8 Å². The Balaban J connectivity index is 2.20. The summed E-state index contributed by atoms with van der Waals surface area (Å²) < 4.78 is 0. The summed E-state index contributed by atoms with van der Waals surface area (Å²) in [6.07, 6.45) is 11.4. The van der Waals surface area contributed by atoms with Crippen LogP contribution in [0.3, 0.4) is 0 Å². The van der Waals surface area contributed by atoms with Gasteiger partial charge in [0.1, 0.15) is 0 Å². The molecule has 1 saturated carbocycles. The van der Waals surface area contributed by atoms with Crippen molar-refractivity contribution < 1.29 is 0 Å². The molecule has 0 saturated heterocycles. The van der Waals surface area contributed by atoms with E-state index < -0.39 is 0 Å². The number of fused-ring (bicyclic) bond motifs is 2. The van der Waals surface area contributed by atoms with Gasteiger partial charge in [-0.3, -0.25) is 0 Å². The minimum absolute atomic E-state index is 0.847. The molecule has 0 N–H and O–H groups in total. The van der Waals surface area contributed by atoms with Gasteiger partial charge < -0.3 is 0 Å². The molecule has 0 nitrogen and oxygen atoms in total. The first-order valence-corrected chi connectivity index (χ1v) is 3.47. The largest absolute Gasteiger partial charge is 0.0851 e. The summed E-state index contributed by atoms with van der Waals surface area (Å²) in [4.78, 5) is 0. The molecule has 2 unspecified atom stereocenters. The lowest BCUT2D eigenvalue weighted by Gasteiger charge is -2.29. The van der Waals surface area contributed by atoms with Crippen molar-refractivity contribution in [1.29, 1.82) is 0 Å². The molecule has 1 fully saturated rings. The van der Waals surface area contributed by atoms with Crippen LogP contribution < -0.4 is 0 Å². The third-order valence-electron chi connectivity index (χ3n) is 2.24. The van der Waals surface area contributed by atoms with Gasteiger partial charge in [0, 0.05) is 0 Å². The maximum Gasteiger partial charge on any atom is -0.0202 e. The predicted molar refractivity (Wildman–Crippen MR) is 34.3 cm³/mol. The van der Waals surface area contributed by atoms with E-state index in [4.69, 9.17) is 0 Å². The minimum Gasteiger partial charge on any atom is -0.0851 e. The second-order valence-electron chi connectivity index (χ2n) is 2.86. The Kier molecular flexibility index (Phi) is 0.927. The smallest absolute Gasteiger partial charge is 0.0202 e. The topological polar surface area (TPSA) is 0 Å². The lowest BCUT2D eigenvalue weighted by Crippen LogP contribution is -2.16. The highest BCUT2D eigenvalue weighted by molar-refractivity contribution is 5.09. The number of allylic oxidation sites excluding steroid dienone is 2. The van der Waals surface area contributed by atoms with Crippen molar-refractivity contribution in [3.8, 4) is 0 Å². The van der Waals surface area contributed by atoms with Crippen molar-refractivity contribution in [3.63, 3.8) is 0 Å². The van der Waals surface area contributed by atoms with E-state index in [9.17, 15) is 0 Å². The first-order valence-electron chi connectivity index (χ1n) is 3.47. The molecule has 43 valence electrons. The highest BCUT2D eigenvalue weighted by atomic mass is 14.3. The van der Waals surface area contributed by atoms with Crippen molar-refractivity contribution in [2.45, 2.75) is 19.3 Å². The SMILES string of the molecule is [CH]1CC2C=CC1CC2. The molecule has 0 aromatic carbocycles. The normalized spacial score (nSPS) is 43.0. The fraction of sp³-hybridized carbons (Fsp3) is 0.625. The van der Waals surface area contributed by atoms with Gasteiger partial charge >= 0.3 is 0 Å². The molecule has 3 rings (SSSR count). The maximum atomic E-state index is 2.45. The first-order chi connectivity index (χ1) is 3.95. The van der Waals surface area contributed by atoms with Crippen LogP contribution in [-0.2, 0) is 0 Å². The van der Waals surface area contributed by atoms with Crippen LogP contribution in [0.1, 0.15) is 19.3 Å². The Morgan fingerprint density at radius 2 is 2.12 bits per heavy atom. The van der Waals surface area contributed by atoms with Crippen molar-refractivity contribution >= 4 is 0 Å². The minimum atomic E-state index is 0.847. The second-order valence-corrected chi connectivity index (χ2v) is 2.86. The number of hydrogen-bond donors (Lipinski definition) is 0. The standard InChI is InChI=1S/C8H11/c1-2-8-5-3-7(1)4-6-8/h1-3,7-8H,4-6H2. The molecule has 2 bridgehead atoms. The molecule has 0 aliphatic heterocycles. The molecule has 2 atom stereocenters. The molecule has 0 aromatic heterocycles. The highest BCUT2D eigenvalue weighted by Crippen LogP contribution is 2.34. The quantitative estimate of drug-likeness (QED) is 0.416. The van der Waals surface area contributed by atoms with E-state index >= 15 is 0 Å². The molecule has 0 heteroatoms. The van der Waals surface area contributed by atoms with Crippen LogP contribution in [0.4, 0.5) is 0 Å². The summed E-state index contributed by atoms with van der Waals surface area (Å²) in [6, 6.07) is 0. The maximum absolute atomic E-state index is 2.45. The van der Waals surface area contributed by atoms with Gasteiger partial charge in [0.2, 0.25) is 0 Å². The van der Waals surface area contributed by atoms with Crippen molar-refractivity contribution in [3.05, 3.63) is 18.6 Å². The van der Waals surface area contributed by atoms with Crippen LogP contribution in [0, 0.1) is 18.3 Å². The molecule has 0 aromatic rings. The number of hydrogen-bond acceptors (Lipinski definition) is 0. The molecule has 1 radical (unpaired) electrons. The van der Waals surface area contributed by atoms with Crippen LogP contribution in [0.2, 0.25) is 0 Å². The molecule has 0 heterocycles. The third kappa shape index (κ3) is 0.594. The second kappa shape index (κ2) is 1.61. The Hall–Kier alpha value is -0.260. The van der Waals surface area contributed by atoms with Crippen molar-refractivity contribution in [1.82, 2.24) is 0 Å². The fourth-order valence-corrected chi connectivity index (χ4v) is 1.64. The molecule has 3 aliphatic rings. The van der Waals surface area contributed by atoms with E-state index in [1.165, 1.54) is 19.3 Å². The van der Waals surface area contributed by atoms with Gasteiger partial charge in [-0.15, -0.1) is 0 Å². The lowest BCUT2D eigenvalue weighted by molar-refractivity contribution is 0.405. The zero-order valence-electron chi connectivity index (χ0n) is 5.01. The van der Waals surface area contributed by atoms with Crippen LogP contribution in [0.25, 0.3) is 0 Å². The Morgan fingerprint density at radius 3 is 2.25 bits per heavy atom. The first kappa shape index (κ1) is 4.60. The number of rotatable bonds is 0. The Morgan fingerprint density at radius 1 is 1.12 bits per heavy atom. The van der Waals surface area contributed by atoms with Gasteiger partial charge in [-0.2, -0.15) is 0 Å². The van der Waals surface area contributed by atoms with Crippen LogP contribution in [-0.4, -0.2) is 0 Å². The van der Waals surface area contributed by atoms with Crippen LogP contribution in [0.15, 0.2) is 12.2 Å². The summed E-state index contributed by atoms with van der Waals surface area (Å²) in [5.74, 6) is 1.76. The van der Waals surface area contributed by atoms with Crippen LogP contribution in [0.5, 0.6) is 0 Å². The molecular formula is C8H11. The van der Waals surface area contributed by atoms with Crippen molar-refractivity contribution in [2.75, 3.05) is 0 Å². The molecule has 3 aliphatic carbocycles. The van der Waals surface area contributed by atoms with E-state index in [1.807, 2.05) is 0 Å². The van der Waals surface area contributed by atoms with E-state index in [-0.39, 0.29) is 0 Å². The molecular weight excluding hydrogens is 96.1 g/mol. The summed E-state index contributed by atoms with van der Waals surface area (Å²) in [6.45, 7) is 0. The predicted octanol–water partition coefficient (Wildman–Crippen LogP) is 2.18. The third-order valence-corrected chi connectivity index (χ3v) is 2.24. The fourth-order valence-electron chi connectivity index (χ4n) is 1.64. The lowest BCUT2D eigenvalue weighted by atomic mass is 9.76. The average molecular weight is 107 g/mol. The average Bonchev–Trinajstić information content (AvgIpc) is 1.92. The Labute approximate surface area is 50.6 Å². The van der Waals surface area contributed by atoms with Gasteiger partial charge in [-0.05, 0) is 37.5 Å². The summed E-state index contributed by atoms with van der Waals surface area (Å²) in [5.41, 5.74) is 0. The highest BCUT2D eigenvalue weighted by Gasteiger charge is 2.21. The molecule has 8 heavy (non-hydrogen) atoms. The summed E-state index contributed by atoms with van der Waals surface area (Å²) in [7, 11) is 0. The monoisotopic (exact) mass is 107 g/mol. The molecule has 0 spiro atoms. The zero-order valence-corrected chi connectivity index (χ0v) is 5.01. The van der Waals surface area contributed by atoms with E-state index in [2.05, 4.69) is 18.6 Å². The van der Waals surface area contributed by atoms with E-state index in [0.717, 1.165) is 11.8 Å². The van der Waals surface area contributed by atoms with Gasteiger partial charge in [-0.1, -0.05) is 12.2 Å². The van der Waals surface area contributed by atoms with E-state index in [1.54, 1.807) is 0 Å².